The number of nitrogens with zero attached hydrogens (tertiary/aromatic N) is 4. The Hall–Kier alpha value is -2.63. The Kier molecular flexibility index (Phi) is 8.90. The second-order valence-corrected chi connectivity index (χ2v) is 6.23. The van der Waals surface area contributed by atoms with Crippen molar-refractivity contribution >= 4 is 41.8 Å². The molecule has 2 aromatic rings. The lowest BCUT2D eigenvalue weighted by atomic mass is 10.3. The summed E-state index contributed by atoms with van der Waals surface area (Å²) in [6.07, 6.45) is 4.66. The smallest absolute Gasteiger partial charge is 0.289 e. The van der Waals surface area contributed by atoms with Crippen LogP contribution in [0, 0.1) is 0 Å². The number of piperazine rings is 1. The highest BCUT2D eigenvalue weighted by Gasteiger charge is 2.25. The number of amides is 2. The maximum Gasteiger partial charge on any atom is 0.289 e. The highest BCUT2D eigenvalue weighted by atomic mass is 127. The number of aliphatic imine (C=N–C) groups is 1. The molecule has 1 aliphatic heterocycles. The van der Waals surface area contributed by atoms with Gasteiger partial charge in [0, 0.05) is 58.7 Å². The molecule has 0 atom stereocenters. The first-order valence-electron chi connectivity index (χ1n) is 9.15. The van der Waals surface area contributed by atoms with Gasteiger partial charge < -0.3 is 24.9 Å². The van der Waals surface area contributed by atoms with E-state index in [4.69, 9.17) is 4.42 Å². The predicted octanol–water partition coefficient (Wildman–Crippen LogP) is 1.06. The number of halogens is 1. The van der Waals surface area contributed by atoms with Crippen molar-refractivity contribution in [1.82, 2.24) is 25.4 Å². The van der Waals surface area contributed by atoms with Gasteiger partial charge in [-0.2, -0.15) is 0 Å². The third kappa shape index (κ3) is 6.17. The zero-order valence-corrected chi connectivity index (χ0v) is 18.5. The minimum absolute atomic E-state index is 0. The van der Waals surface area contributed by atoms with Crippen molar-refractivity contribution in [1.29, 1.82) is 0 Å². The molecule has 3 rings (SSSR count). The summed E-state index contributed by atoms with van der Waals surface area (Å²) in [4.78, 5) is 36.4. The van der Waals surface area contributed by atoms with Crippen LogP contribution in [0.3, 0.4) is 0 Å². The van der Waals surface area contributed by atoms with Crippen LogP contribution < -0.4 is 10.6 Å². The van der Waals surface area contributed by atoms with Gasteiger partial charge in [-0.05, 0) is 24.3 Å². The van der Waals surface area contributed by atoms with Gasteiger partial charge in [0.1, 0.15) is 0 Å². The van der Waals surface area contributed by atoms with E-state index in [2.05, 4.69) is 25.5 Å². The van der Waals surface area contributed by atoms with Crippen LogP contribution in [0.1, 0.15) is 20.9 Å². The SMILES string of the molecule is CN=C(NCCNC(=O)c1cccnc1)N1CCN(C(=O)c2ccco2)CC1.I. The standard InChI is InChI=1S/C19H24N6O3.HI/c1-20-19(23-8-7-22-17(26)15-4-2-6-21-14-15)25-11-9-24(10-12-25)18(27)16-5-3-13-28-16;/h2-6,13-14H,7-12H2,1H3,(H,20,23)(H,22,26);1H. The molecule has 0 spiro atoms. The fraction of sp³-hybridized carbons (Fsp3) is 0.368. The molecule has 10 heteroatoms. The van der Waals surface area contributed by atoms with E-state index in [0.717, 1.165) is 5.96 Å². The van der Waals surface area contributed by atoms with Crippen molar-refractivity contribution in [3.05, 3.63) is 54.2 Å². The molecule has 1 aliphatic rings. The lowest BCUT2D eigenvalue weighted by molar-refractivity contribution is 0.0657. The first-order chi connectivity index (χ1) is 13.7. The zero-order chi connectivity index (χ0) is 19.8. The molecule has 2 aromatic heterocycles. The van der Waals surface area contributed by atoms with Crippen molar-refractivity contribution in [3.63, 3.8) is 0 Å². The largest absolute Gasteiger partial charge is 0.459 e. The summed E-state index contributed by atoms with van der Waals surface area (Å²) in [5, 5.41) is 6.08. The maximum absolute atomic E-state index is 12.3. The second-order valence-electron chi connectivity index (χ2n) is 6.23. The molecule has 2 N–H and O–H groups in total. The molecule has 0 aliphatic carbocycles. The third-order valence-corrected chi connectivity index (χ3v) is 4.43. The van der Waals surface area contributed by atoms with Crippen LogP contribution in [0.25, 0.3) is 0 Å². The normalized spacial score (nSPS) is 14.2. The summed E-state index contributed by atoms with van der Waals surface area (Å²) in [6, 6.07) is 6.83. The van der Waals surface area contributed by atoms with E-state index in [1.165, 1.54) is 12.5 Å². The monoisotopic (exact) mass is 512 g/mol. The lowest BCUT2D eigenvalue weighted by Gasteiger charge is -2.36. The van der Waals surface area contributed by atoms with E-state index in [1.54, 1.807) is 42.4 Å². The number of carbonyl (C=O) groups excluding carboxylic acids is 2. The summed E-state index contributed by atoms with van der Waals surface area (Å²) in [5.41, 5.74) is 0.532. The van der Waals surface area contributed by atoms with Crippen molar-refractivity contribution in [3.8, 4) is 0 Å². The van der Waals surface area contributed by atoms with Crippen LogP contribution in [0.4, 0.5) is 0 Å². The number of nitrogens with one attached hydrogen (secondary N) is 2. The summed E-state index contributed by atoms with van der Waals surface area (Å²) in [5.74, 6) is 0.863. The Labute approximate surface area is 186 Å². The van der Waals surface area contributed by atoms with Gasteiger partial charge in [0.25, 0.3) is 11.8 Å². The van der Waals surface area contributed by atoms with E-state index in [9.17, 15) is 9.59 Å². The number of hydrogen-bond donors (Lipinski definition) is 2. The molecule has 156 valence electrons. The van der Waals surface area contributed by atoms with Gasteiger partial charge in [0.2, 0.25) is 0 Å². The summed E-state index contributed by atoms with van der Waals surface area (Å²) >= 11 is 0. The second kappa shape index (κ2) is 11.4. The van der Waals surface area contributed by atoms with E-state index in [1.807, 2.05) is 0 Å². The molecule has 3 heterocycles. The summed E-state index contributed by atoms with van der Waals surface area (Å²) < 4.78 is 5.18. The Morgan fingerprint density at radius 2 is 1.83 bits per heavy atom. The minimum atomic E-state index is -0.157. The number of carbonyl (C=O) groups is 2. The molecule has 0 saturated carbocycles. The van der Waals surface area contributed by atoms with E-state index >= 15 is 0 Å². The fourth-order valence-electron chi connectivity index (χ4n) is 2.96. The average Bonchev–Trinajstić information content (AvgIpc) is 3.29. The molecule has 0 aromatic carbocycles. The van der Waals surface area contributed by atoms with E-state index < -0.39 is 0 Å². The fourth-order valence-corrected chi connectivity index (χ4v) is 2.96. The number of hydrogen-bond acceptors (Lipinski definition) is 5. The van der Waals surface area contributed by atoms with Crippen LogP contribution >= 0.6 is 24.0 Å². The van der Waals surface area contributed by atoms with Crippen molar-refractivity contribution in [2.24, 2.45) is 4.99 Å². The number of rotatable bonds is 5. The molecule has 0 unspecified atom stereocenters. The molecular formula is C19H25IN6O3. The van der Waals surface area contributed by atoms with Crippen LogP contribution in [-0.2, 0) is 0 Å². The number of guanidine groups is 1. The van der Waals surface area contributed by atoms with Gasteiger partial charge in [-0.25, -0.2) is 0 Å². The molecular weight excluding hydrogens is 487 g/mol. The van der Waals surface area contributed by atoms with Crippen molar-refractivity contribution in [2.45, 2.75) is 0 Å². The molecule has 1 saturated heterocycles. The van der Waals surface area contributed by atoms with Gasteiger partial charge in [-0.1, -0.05) is 0 Å². The van der Waals surface area contributed by atoms with Gasteiger partial charge in [-0.3, -0.25) is 19.6 Å². The first kappa shape index (κ1) is 22.7. The van der Waals surface area contributed by atoms with E-state index in [-0.39, 0.29) is 35.8 Å². The Bertz CT molecular complexity index is 805. The molecule has 0 radical (unpaired) electrons. The maximum atomic E-state index is 12.3. The summed E-state index contributed by atoms with van der Waals surface area (Å²) in [7, 11) is 1.72. The number of furan rings is 1. The quantitative estimate of drug-likeness (QED) is 0.269. The highest BCUT2D eigenvalue weighted by molar-refractivity contribution is 14.0. The average molecular weight is 512 g/mol. The Morgan fingerprint density at radius 3 is 2.45 bits per heavy atom. The van der Waals surface area contributed by atoms with Crippen molar-refractivity contribution in [2.75, 3.05) is 46.3 Å². The molecule has 0 bridgehead atoms. The number of aromatic nitrogens is 1. The van der Waals surface area contributed by atoms with E-state index in [0.29, 0.717) is 50.6 Å². The first-order valence-corrected chi connectivity index (χ1v) is 9.15. The Morgan fingerprint density at radius 1 is 1.10 bits per heavy atom. The minimum Gasteiger partial charge on any atom is -0.459 e. The third-order valence-electron chi connectivity index (χ3n) is 4.43. The molecule has 9 nitrogen and oxygen atoms in total. The molecule has 2 amide bonds. The molecule has 29 heavy (non-hydrogen) atoms. The Balaban J connectivity index is 0.00000300. The van der Waals surface area contributed by atoms with Gasteiger partial charge >= 0.3 is 0 Å². The predicted molar refractivity (Wildman–Crippen MR) is 120 cm³/mol. The van der Waals surface area contributed by atoms with Crippen molar-refractivity contribution < 1.29 is 14.0 Å². The molecule has 1 fully saturated rings. The number of pyridine rings is 1. The topological polar surface area (TPSA) is 103 Å². The zero-order valence-electron chi connectivity index (χ0n) is 16.2. The van der Waals surface area contributed by atoms with Gasteiger partial charge in [-0.15, -0.1) is 24.0 Å². The van der Waals surface area contributed by atoms with Crippen LogP contribution in [0.5, 0.6) is 0 Å². The van der Waals surface area contributed by atoms with Gasteiger partial charge in [0.15, 0.2) is 11.7 Å². The highest BCUT2D eigenvalue weighted by Crippen LogP contribution is 2.09. The van der Waals surface area contributed by atoms with Crippen LogP contribution in [0.2, 0.25) is 0 Å². The lowest BCUT2D eigenvalue weighted by Crippen LogP contribution is -2.54. The van der Waals surface area contributed by atoms with Crippen LogP contribution in [-0.4, -0.2) is 78.9 Å². The summed E-state index contributed by atoms with van der Waals surface area (Å²) in [6.45, 7) is 3.55. The van der Waals surface area contributed by atoms with Crippen LogP contribution in [0.15, 0.2) is 52.3 Å². The van der Waals surface area contributed by atoms with Gasteiger partial charge in [0.05, 0.1) is 11.8 Å².